The van der Waals surface area contributed by atoms with Gasteiger partial charge in [0.25, 0.3) is 0 Å². The molecule has 2 saturated carbocycles. The van der Waals surface area contributed by atoms with Gasteiger partial charge in [0, 0.05) is 12.3 Å². The van der Waals surface area contributed by atoms with Gasteiger partial charge in [0.05, 0.1) is 13.0 Å². The van der Waals surface area contributed by atoms with Crippen molar-refractivity contribution in [3.8, 4) is 0 Å². The summed E-state index contributed by atoms with van der Waals surface area (Å²) in [5.41, 5.74) is 0. The maximum absolute atomic E-state index is 12.6. The number of hydrogen-bond donors (Lipinski definition) is 0. The second-order valence-electron chi connectivity index (χ2n) is 8.29. The number of fused-ring (bicyclic) bond motifs is 5. The van der Waals surface area contributed by atoms with Crippen molar-refractivity contribution >= 4 is 11.8 Å². The molecule has 4 rings (SSSR count). The van der Waals surface area contributed by atoms with Crippen LogP contribution < -0.4 is 0 Å². The van der Waals surface area contributed by atoms with Gasteiger partial charge >= 0.3 is 5.97 Å². The van der Waals surface area contributed by atoms with E-state index in [9.17, 15) is 9.59 Å². The number of allylic oxidation sites excluding steroid dienone is 4. The predicted molar refractivity (Wildman–Crippen MR) is 92.0 cm³/mol. The van der Waals surface area contributed by atoms with Gasteiger partial charge in [-0.25, -0.2) is 0 Å². The van der Waals surface area contributed by atoms with Gasteiger partial charge in [-0.05, 0) is 61.2 Å². The largest absolute Gasteiger partial charge is 0.469 e. The Kier molecular flexibility index (Phi) is 4.14. The first-order chi connectivity index (χ1) is 11.6. The molecule has 4 aliphatic rings. The van der Waals surface area contributed by atoms with E-state index < -0.39 is 0 Å². The van der Waals surface area contributed by atoms with Crippen LogP contribution in [0.3, 0.4) is 0 Å². The zero-order valence-corrected chi connectivity index (χ0v) is 14.7. The molecule has 3 nitrogen and oxygen atoms in total. The van der Waals surface area contributed by atoms with Gasteiger partial charge in [0.1, 0.15) is 5.78 Å². The van der Waals surface area contributed by atoms with Crippen LogP contribution in [0.5, 0.6) is 0 Å². The fourth-order valence-corrected chi connectivity index (χ4v) is 6.20. The number of ether oxygens (including phenoxy) is 1. The summed E-state index contributed by atoms with van der Waals surface area (Å²) in [5.74, 6) is 2.98. The average molecular weight is 328 g/mol. The number of carbonyl (C=O) groups is 2. The van der Waals surface area contributed by atoms with Crippen LogP contribution in [0, 0.1) is 47.3 Å². The van der Waals surface area contributed by atoms with Crippen molar-refractivity contribution in [3.05, 3.63) is 24.3 Å². The van der Waals surface area contributed by atoms with Gasteiger partial charge in [0.15, 0.2) is 0 Å². The summed E-state index contributed by atoms with van der Waals surface area (Å²) in [5, 5.41) is 0. The molecule has 0 unspecified atom stereocenters. The fraction of sp³-hybridized carbons (Fsp3) is 0.714. The van der Waals surface area contributed by atoms with Gasteiger partial charge in [-0.3, -0.25) is 9.59 Å². The van der Waals surface area contributed by atoms with Crippen LogP contribution in [-0.2, 0) is 14.3 Å². The van der Waals surface area contributed by atoms with Crippen LogP contribution in [0.2, 0.25) is 0 Å². The Morgan fingerprint density at radius 2 is 1.75 bits per heavy atom. The van der Waals surface area contributed by atoms with Crippen LogP contribution in [-0.4, -0.2) is 18.9 Å². The smallest absolute Gasteiger partial charge is 0.309 e. The van der Waals surface area contributed by atoms with Crippen molar-refractivity contribution in [3.63, 3.8) is 0 Å². The molecule has 0 aliphatic heterocycles. The highest BCUT2D eigenvalue weighted by atomic mass is 16.5. The number of hydrogen-bond acceptors (Lipinski definition) is 3. The standard InChI is InChI=1S/C21H28O3/c1-12-6-8-14-15-9-7-13-4-3-5-18(22)20(13)17(15)11-10-16(14)19(12)21(23)24-2/h6-9,12-17,19-20H,3-5,10-11H2,1-2H3/t12-,13+,14-,15+,16+,17+,19+,20+/m0/s1. The van der Waals surface area contributed by atoms with Crippen LogP contribution in [0.15, 0.2) is 24.3 Å². The maximum Gasteiger partial charge on any atom is 0.309 e. The van der Waals surface area contributed by atoms with Gasteiger partial charge in [-0.1, -0.05) is 31.2 Å². The molecule has 130 valence electrons. The topological polar surface area (TPSA) is 43.4 Å². The van der Waals surface area contributed by atoms with E-state index >= 15 is 0 Å². The summed E-state index contributed by atoms with van der Waals surface area (Å²) in [7, 11) is 1.50. The second-order valence-corrected chi connectivity index (χ2v) is 8.29. The minimum Gasteiger partial charge on any atom is -0.469 e. The van der Waals surface area contributed by atoms with E-state index in [0.717, 1.165) is 25.7 Å². The summed E-state index contributed by atoms with van der Waals surface area (Å²) < 4.78 is 5.10. The predicted octanol–water partition coefficient (Wildman–Crippen LogP) is 3.80. The molecule has 4 aliphatic carbocycles. The van der Waals surface area contributed by atoms with Crippen LogP contribution >= 0.6 is 0 Å². The van der Waals surface area contributed by atoms with E-state index in [2.05, 4.69) is 31.2 Å². The van der Waals surface area contributed by atoms with Crippen LogP contribution in [0.1, 0.15) is 39.0 Å². The Morgan fingerprint density at radius 3 is 2.54 bits per heavy atom. The summed E-state index contributed by atoms with van der Waals surface area (Å²) in [6.45, 7) is 2.12. The van der Waals surface area contributed by atoms with Gasteiger partial charge in [0.2, 0.25) is 0 Å². The molecule has 0 aromatic carbocycles. The molecule has 0 heterocycles. The molecular weight excluding hydrogens is 300 g/mol. The lowest BCUT2D eigenvalue weighted by molar-refractivity contribution is -0.152. The normalized spacial score (nSPS) is 46.7. The zero-order chi connectivity index (χ0) is 16.8. The third-order valence-corrected chi connectivity index (χ3v) is 7.24. The lowest BCUT2D eigenvalue weighted by Gasteiger charge is -2.51. The molecule has 0 aromatic rings. The summed E-state index contributed by atoms with van der Waals surface area (Å²) >= 11 is 0. The van der Waals surface area contributed by atoms with E-state index in [0.29, 0.717) is 35.4 Å². The highest BCUT2D eigenvalue weighted by Gasteiger charge is 2.51. The van der Waals surface area contributed by atoms with E-state index in [4.69, 9.17) is 4.74 Å². The molecule has 2 fully saturated rings. The fourth-order valence-electron chi connectivity index (χ4n) is 6.20. The molecule has 0 bridgehead atoms. The lowest BCUT2D eigenvalue weighted by Crippen LogP contribution is -2.49. The maximum atomic E-state index is 12.6. The number of rotatable bonds is 1. The van der Waals surface area contributed by atoms with Crippen molar-refractivity contribution in [2.24, 2.45) is 47.3 Å². The molecule has 0 radical (unpaired) electrons. The first-order valence-electron chi connectivity index (χ1n) is 9.59. The summed E-state index contributed by atoms with van der Waals surface area (Å²) in [6.07, 6.45) is 14.4. The van der Waals surface area contributed by atoms with Crippen LogP contribution in [0.4, 0.5) is 0 Å². The highest BCUT2D eigenvalue weighted by Crippen LogP contribution is 2.54. The lowest BCUT2D eigenvalue weighted by atomic mass is 9.52. The first kappa shape index (κ1) is 16.1. The van der Waals surface area contributed by atoms with Crippen molar-refractivity contribution in [1.29, 1.82) is 0 Å². The highest BCUT2D eigenvalue weighted by molar-refractivity contribution is 5.83. The van der Waals surface area contributed by atoms with Crippen molar-refractivity contribution in [2.75, 3.05) is 7.11 Å². The minimum atomic E-state index is -0.0632. The quantitative estimate of drug-likeness (QED) is 0.543. The first-order valence-corrected chi connectivity index (χ1v) is 9.59. The Hall–Kier alpha value is -1.38. The molecule has 0 amide bonds. The van der Waals surface area contributed by atoms with E-state index in [1.165, 1.54) is 13.5 Å². The van der Waals surface area contributed by atoms with Gasteiger partial charge < -0.3 is 4.74 Å². The van der Waals surface area contributed by atoms with Crippen molar-refractivity contribution < 1.29 is 14.3 Å². The van der Waals surface area contributed by atoms with Crippen molar-refractivity contribution in [2.45, 2.75) is 39.0 Å². The average Bonchev–Trinajstić information content (AvgIpc) is 2.60. The molecule has 0 saturated heterocycles. The Bertz CT molecular complexity index is 590. The Balaban J connectivity index is 1.65. The molecule has 0 spiro atoms. The third-order valence-electron chi connectivity index (χ3n) is 7.24. The molecule has 0 N–H and O–H groups in total. The van der Waals surface area contributed by atoms with Crippen molar-refractivity contribution in [1.82, 2.24) is 0 Å². The third kappa shape index (κ3) is 2.39. The number of ketones is 1. The zero-order valence-electron chi connectivity index (χ0n) is 14.7. The molecular formula is C21H28O3. The number of methoxy groups -OCH3 is 1. The number of Topliss-reactive ketones (excluding diaryl/α,β-unsaturated/α-hetero) is 1. The Labute approximate surface area is 144 Å². The van der Waals surface area contributed by atoms with E-state index in [1.807, 2.05) is 0 Å². The summed E-state index contributed by atoms with van der Waals surface area (Å²) in [4.78, 5) is 24.9. The SMILES string of the molecule is COC(=O)[C@H]1[C@@H]2CC[C@@H]3[C@H](C=C[C@H]4CCCC(=O)[C@@H]34)[C@@H]2C=C[C@@H]1C. The van der Waals surface area contributed by atoms with E-state index in [-0.39, 0.29) is 23.7 Å². The van der Waals surface area contributed by atoms with Gasteiger partial charge in [-0.15, -0.1) is 0 Å². The molecule has 8 atom stereocenters. The molecule has 3 heteroatoms. The monoisotopic (exact) mass is 328 g/mol. The number of carbonyl (C=O) groups excluding carboxylic acids is 2. The van der Waals surface area contributed by atoms with E-state index in [1.54, 1.807) is 0 Å². The van der Waals surface area contributed by atoms with Gasteiger partial charge in [-0.2, -0.15) is 0 Å². The second kappa shape index (κ2) is 6.16. The molecule has 24 heavy (non-hydrogen) atoms. The van der Waals surface area contributed by atoms with Crippen LogP contribution in [0.25, 0.3) is 0 Å². The Morgan fingerprint density at radius 1 is 1.04 bits per heavy atom. The number of esters is 1. The minimum absolute atomic E-state index is 0.0286. The summed E-state index contributed by atoms with van der Waals surface area (Å²) in [6, 6.07) is 0. The molecule has 0 aromatic heterocycles.